The zero-order chi connectivity index (χ0) is 22.7. The maximum Gasteiger partial charge on any atom is 0.573 e. The first-order chi connectivity index (χ1) is 15.3. The van der Waals surface area contributed by atoms with Crippen LogP contribution in [0.25, 0.3) is 22.0 Å². The van der Waals surface area contributed by atoms with Gasteiger partial charge in [0, 0.05) is 17.1 Å². The van der Waals surface area contributed by atoms with Crippen LogP contribution in [0.2, 0.25) is 0 Å². The Hall–Kier alpha value is -3.54. The quantitative estimate of drug-likeness (QED) is 0.313. The van der Waals surface area contributed by atoms with Crippen molar-refractivity contribution < 1.29 is 22.6 Å². The van der Waals surface area contributed by atoms with E-state index in [1.54, 1.807) is 18.3 Å². The van der Waals surface area contributed by atoms with Gasteiger partial charge >= 0.3 is 6.36 Å². The van der Waals surface area contributed by atoms with E-state index in [1.807, 2.05) is 30.3 Å². The summed E-state index contributed by atoms with van der Waals surface area (Å²) in [6.07, 6.45) is -2.92. The Morgan fingerprint density at radius 3 is 2.38 bits per heavy atom. The van der Waals surface area contributed by atoms with Gasteiger partial charge in [0.25, 0.3) is 0 Å². The summed E-state index contributed by atoms with van der Waals surface area (Å²) in [7, 11) is 0. The molecule has 0 aliphatic rings. The van der Waals surface area contributed by atoms with Crippen molar-refractivity contribution in [2.75, 3.05) is 0 Å². The third kappa shape index (κ3) is 5.19. The molecule has 0 fully saturated rings. The van der Waals surface area contributed by atoms with Crippen LogP contribution in [0.4, 0.5) is 13.2 Å². The van der Waals surface area contributed by atoms with Crippen molar-refractivity contribution in [2.24, 2.45) is 0 Å². The zero-order valence-corrected chi connectivity index (χ0v) is 17.7. The lowest BCUT2D eigenvalue weighted by Crippen LogP contribution is -2.17. The molecule has 3 aromatic carbocycles. The minimum Gasteiger partial charge on any atom is -0.489 e. The Morgan fingerprint density at radius 1 is 0.875 bits per heavy atom. The average Bonchev–Trinajstić information content (AvgIpc) is 2.77. The van der Waals surface area contributed by atoms with Gasteiger partial charge in [-0.15, -0.1) is 13.2 Å². The number of halogens is 3. The molecule has 0 saturated heterocycles. The van der Waals surface area contributed by atoms with Gasteiger partial charge < -0.3 is 9.47 Å². The molecule has 0 amide bonds. The first kappa shape index (κ1) is 21.7. The highest BCUT2D eigenvalue weighted by molar-refractivity contribution is 5.94. The second kappa shape index (κ2) is 8.91. The predicted octanol–water partition coefficient (Wildman–Crippen LogP) is 7.50. The Morgan fingerprint density at radius 2 is 1.66 bits per heavy atom. The number of fused-ring (bicyclic) bond motifs is 1. The Bertz CT molecular complexity index is 1220. The molecule has 164 valence electrons. The lowest BCUT2D eigenvalue weighted by molar-refractivity contribution is -0.274. The van der Waals surface area contributed by atoms with Gasteiger partial charge in [-0.25, -0.2) is 0 Å². The van der Waals surface area contributed by atoms with E-state index in [-0.39, 0.29) is 12.4 Å². The number of pyridine rings is 1. The van der Waals surface area contributed by atoms with E-state index in [1.165, 1.54) is 17.7 Å². The van der Waals surface area contributed by atoms with Crippen LogP contribution in [-0.2, 0) is 6.61 Å². The van der Waals surface area contributed by atoms with Gasteiger partial charge in [-0.2, -0.15) is 0 Å². The van der Waals surface area contributed by atoms with E-state index in [9.17, 15) is 13.2 Å². The Labute approximate surface area is 184 Å². The van der Waals surface area contributed by atoms with Crippen LogP contribution < -0.4 is 9.47 Å². The monoisotopic (exact) mass is 437 g/mol. The molecule has 32 heavy (non-hydrogen) atoms. The van der Waals surface area contributed by atoms with Gasteiger partial charge in [-0.1, -0.05) is 44.2 Å². The summed E-state index contributed by atoms with van der Waals surface area (Å²) >= 11 is 0. The summed E-state index contributed by atoms with van der Waals surface area (Å²) in [6.45, 7) is 4.54. The van der Waals surface area contributed by atoms with E-state index in [4.69, 9.17) is 4.74 Å². The van der Waals surface area contributed by atoms with E-state index >= 15 is 0 Å². The van der Waals surface area contributed by atoms with Gasteiger partial charge in [0.1, 0.15) is 18.1 Å². The number of rotatable bonds is 6. The second-order valence-electron chi connectivity index (χ2n) is 7.81. The Balaban J connectivity index is 1.56. The standard InChI is InChI=1S/C26H22F3NO2/c1-17(2)21-13-20-6-4-12-30-25(20)24(15-21)19-5-3-7-23(14-19)31-16-18-8-10-22(11-9-18)32-26(27,28)29/h3-15,17H,16H2,1-2H3. The number of hydrogen-bond acceptors (Lipinski definition) is 3. The second-order valence-corrected chi connectivity index (χ2v) is 7.81. The lowest BCUT2D eigenvalue weighted by Gasteiger charge is -2.14. The van der Waals surface area contributed by atoms with Gasteiger partial charge in [-0.3, -0.25) is 4.98 Å². The Kier molecular flexibility index (Phi) is 6.04. The van der Waals surface area contributed by atoms with E-state index in [2.05, 4.69) is 41.8 Å². The van der Waals surface area contributed by atoms with Crippen LogP contribution in [0.5, 0.6) is 11.5 Å². The molecule has 0 aliphatic carbocycles. The molecule has 6 heteroatoms. The highest BCUT2D eigenvalue weighted by Gasteiger charge is 2.30. The zero-order valence-electron chi connectivity index (χ0n) is 17.7. The van der Waals surface area contributed by atoms with Crippen LogP contribution in [-0.4, -0.2) is 11.3 Å². The fraction of sp³-hybridized carbons (Fsp3) is 0.192. The molecule has 3 nitrogen and oxygen atoms in total. The van der Waals surface area contributed by atoms with Crippen LogP contribution in [0, 0.1) is 0 Å². The van der Waals surface area contributed by atoms with Gasteiger partial charge in [-0.05, 0) is 65.1 Å². The predicted molar refractivity (Wildman–Crippen MR) is 119 cm³/mol. The van der Waals surface area contributed by atoms with Crippen LogP contribution >= 0.6 is 0 Å². The van der Waals surface area contributed by atoms with Crippen molar-refractivity contribution in [2.45, 2.75) is 32.7 Å². The molecule has 0 N–H and O–H groups in total. The van der Waals surface area contributed by atoms with Gasteiger partial charge in [0.2, 0.25) is 0 Å². The molecule has 0 bridgehead atoms. The molecule has 0 radical (unpaired) electrons. The number of hydrogen-bond donors (Lipinski definition) is 0. The first-order valence-corrected chi connectivity index (χ1v) is 10.2. The number of alkyl halides is 3. The van der Waals surface area contributed by atoms with Gasteiger partial charge in [0.05, 0.1) is 5.52 Å². The molecule has 0 unspecified atom stereocenters. The molecular formula is C26H22F3NO2. The molecule has 4 aromatic rings. The van der Waals surface area contributed by atoms with Crippen LogP contribution in [0.1, 0.15) is 30.9 Å². The number of nitrogens with zero attached hydrogens (tertiary/aromatic N) is 1. The molecule has 4 rings (SSSR count). The normalized spacial score (nSPS) is 11.7. The summed E-state index contributed by atoms with van der Waals surface area (Å²) in [4.78, 5) is 4.58. The third-order valence-corrected chi connectivity index (χ3v) is 5.10. The van der Waals surface area contributed by atoms with Crippen LogP contribution in [0.3, 0.4) is 0 Å². The summed E-state index contributed by atoms with van der Waals surface area (Å²) in [5.74, 6) is 0.784. The molecule has 0 atom stereocenters. The fourth-order valence-electron chi connectivity index (χ4n) is 3.48. The fourth-order valence-corrected chi connectivity index (χ4v) is 3.48. The number of benzene rings is 3. The summed E-state index contributed by atoms with van der Waals surface area (Å²) < 4.78 is 46.7. The topological polar surface area (TPSA) is 31.4 Å². The average molecular weight is 437 g/mol. The van der Waals surface area contributed by atoms with Crippen molar-refractivity contribution >= 4 is 10.9 Å². The largest absolute Gasteiger partial charge is 0.573 e. The maximum absolute atomic E-state index is 12.3. The SMILES string of the molecule is CC(C)c1cc(-c2cccc(OCc3ccc(OC(F)(F)F)cc3)c2)c2ncccc2c1. The van der Waals surface area contributed by atoms with Gasteiger partial charge in [0.15, 0.2) is 0 Å². The smallest absolute Gasteiger partial charge is 0.489 e. The van der Waals surface area contributed by atoms with Crippen molar-refractivity contribution in [3.63, 3.8) is 0 Å². The van der Waals surface area contributed by atoms with Crippen molar-refractivity contribution in [3.8, 4) is 22.6 Å². The third-order valence-electron chi connectivity index (χ3n) is 5.10. The van der Waals surface area contributed by atoms with Crippen molar-refractivity contribution in [3.05, 3.63) is 90.1 Å². The molecule has 0 spiro atoms. The maximum atomic E-state index is 12.3. The van der Waals surface area contributed by atoms with Crippen LogP contribution in [0.15, 0.2) is 79.0 Å². The minimum atomic E-state index is -4.70. The molecule has 0 saturated carbocycles. The van der Waals surface area contributed by atoms with E-state index in [0.717, 1.165) is 27.6 Å². The molecule has 0 aliphatic heterocycles. The molecular weight excluding hydrogens is 415 g/mol. The first-order valence-electron chi connectivity index (χ1n) is 10.2. The van der Waals surface area contributed by atoms with E-state index in [0.29, 0.717) is 11.7 Å². The molecule has 1 aromatic heterocycles. The summed E-state index contributed by atoms with van der Waals surface area (Å²) in [5.41, 5.74) is 4.91. The highest BCUT2D eigenvalue weighted by atomic mass is 19.4. The summed E-state index contributed by atoms with van der Waals surface area (Å²) in [5, 5.41) is 1.08. The highest BCUT2D eigenvalue weighted by Crippen LogP contribution is 2.33. The minimum absolute atomic E-state index is 0.223. The number of ether oxygens (including phenoxy) is 2. The molecule has 1 heterocycles. The lowest BCUT2D eigenvalue weighted by atomic mass is 9.94. The number of aromatic nitrogens is 1. The van der Waals surface area contributed by atoms with Crippen molar-refractivity contribution in [1.82, 2.24) is 4.98 Å². The van der Waals surface area contributed by atoms with E-state index < -0.39 is 6.36 Å². The van der Waals surface area contributed by atoms with Crippen molar-refractivity contribution in [1.29, 1.82) is 0 Å². The summed E-state index contributed by atoms with van der Waals surface area (Å²) in [6, 6.07) is 21.7.